The lowest BCUT2D eigenvalue weighted by Gasteiger charge is -2.35. The topological polar surface area (TPSA) is 92.8 Å². The number of nitrogens with zero attached hydrogens (tertiary/aromatic N) is 1. The van der Waals surface area contributed by atoms with Gasteiger partial charge >= 0.3 is 5.97 Å². The Kier molecular flexibility index (Phi) is 8.21. The van der Waals surface area contributed by atoms with E-state index in [9.17, 15) is 18.0 Å². The molecule has 0 radical (unpaired) electrons. The molecule has 0 spiro atoms. The molecular weight excluding hydrogens is 416 g/mol. The SMILES string of the molecule is CCCS(=O)(=O)Nc1cccc(C(=O)OCC(=O)N(Cc2ccccc2)C(C)(C)C)c1. The number of nitrogens with one attached hydrogen (secondary N) is 1. The van der Waals surface area contributed by atoms with Crippen molar-refractivity contribution < 1.29 is 22.7 Å². The summed E-state index contributed by atoms with van der Waals surface area (Å²) in [6.45, 7) is 7.51. The van der Waals surface area contributed by atoms with Crippen LogP contribution < -0.4 is 4.72 Å². The van der Waals surface area contributed by atoms with Crippen LogP contribution in [-0.4, -0.2) is 43.1 Å². The van der Waals surface area contributed by atoms with E-state index in [1.165, 1.54) is 12.1 Å². The molecule has 8 heteroatoms. The standard InChI is InChI=1S/C23H30N2O5S/c1-5-14-31(28,29)24-20-13-9-12-19(15-20)22(27)30-17-21(26)25(23(2,3)4)16-18-10-7-6-8-11-18/h6-13,15,24H,5,14,16-17H2,1-4H3. The van der Waals surface area contributed by atoms with Crippen LogP contribution in [0.3, 0.4) is 0 Å². The molecule has 2 aromatic rings. The molecule has 0 unspecified atom stereocenters. The lowest BCUT2D eigenvalue weighted by molar-refractivity contribution is -0.140. The molecule has 1 amide bonds. The Hall–Kier alpha value is -2.87. The molecule has 168 valence electrons. The van der Waals surface area contributed by atoms with E-state index in [1.807, 2.05) is 51.1 Å². The first-order valence-electron chi connectivity index (χ1n) is 10.1. The van der Waals surface area contributed by atoms with Gasteiger partial charge in [0.2, 0.25) is 10.0 Å². The second-order valence-electron chi connectivity index (χ2n) is 8.21. The number of amides is 1. The fourth-order valence-corrected chi connectivity index (χ4v) is 4.09. The third-order valence-corrected chi connectivity index (χ3v) is 5.96. The number of carbonyl (C=O) groups excluding carboxylic acids is 2. The van der Waals surface area contributed by atoms with Gasteiger partial charge in [0.15, 0.2) is 6.61 Å². The van der Waals surface area contributed by atoms with Crippen LogP contribution >= 0.6 is 0 Å². The van der Waals surface area contributed by atoms with E-state index in [2.05, 4.69) is 4.72 Å². The lowest BCUT2D eigenvalue weighted by Crippen LogP contribution is -2.46. The Morgan fingerprint density at radius 1 is 1.03 bits per heavy atom. The van der Waals surface area contributed by atoms with Gasteiger partial charge in [-0.25, -0.2) is 13.2 Å². The summed E-state index contributed by atoms with van der Waals surface area (Å²) in [6, 6.07) is 15.6. The summed E-state index contributed by atoms with van der Waals surface area (Å²) in [5.41, 5.74) is 0.949. The summed E-state index contributed by atoms with van der Waals surface area (Å²) in [5.74, 6) is -1.02. The predicted octanol–water partition coefficient (Wildman–Crippen LogP) is 3.82. The maximum Gasteiger partial charge on any atom is 0.338 e. The number of rotatable bonds is 9. The average molecular weight is 447 g/mol. The molecule has 7 nitrogen and oxygen atoms in total. The Labute approximate surface area is 184 Å². The van der Waals surface area contributed by atoms with E-state index in [1.54, 1.807) is 24.0 Å². The van der Waals surface area contributed by atoms with Gasteiger partial charge in [0.25, 0.3) is 5.91 Å². The first-order chi connectivity index (χ1) is 14.5. The zero-order chi connectivity index (χ0) is 23.1. The second kappa shape index (κ2) is 10.4. The van der Waals surface area contributed by atoms with E-state index in [4.69, 9.17) is 4.74 Å². The summed E-state index contributed by atoms with van der Waals surface area (Å²) in [7, 11) is -3.47. The fraction of sp³-hybridized carbons (Fsp3) is 0.391. The van der Waals surface area contributed by atoms with E-state index < -0.39 is 28.1 Å². The van der Waals surface area contributed by atoms with Crippen molar-refractivity contribution in [3.63, 3.8) is 0 Å². The number of anilines is 1. The van der Waals surface area contributed by atoms with Crippen molar-refractivity contribution in [3.8, 4) is 0 Å². The molecule has 0 heterocycles. The van der Waals surface area contributed by atoms with Crippen LogP contribution in [0.15, 0.2) is 54.6 Å². The monoisotopic (exact) mass is 446 g/mol. The van der Waals surface area contributed by atoms with Crippen LogP contribution in [-0.2, 0) is 26.1 Å². The van der Waals surface area contributed by atoms with E-state index >= 15 is 0 Å². The first kappa shape index (κ1) is 24.4. The highest BCUT2D eigenvalue weighted by Gasteiger charge is 2.27. The highest BCUT2D eigenvalue weighted by atomic mass is 32.2. The van der Waals surface area contributed by atoms with Crippen molar-refractivity contribution in [1.82, 2.24) is 4.90 Å². The molecule has 0 aromatic heterocycles. The van der Waals surface area contributed by atoms with Crippen molar-refractivity contribution in [2.24, 2.45) is 0 Å². The quantitative estimate of drug-likeness (QED) is 0.591. The van der Waals surface area contributed by atoms with E-state index in [-0.39, 0.29) is 22.9 Å². The highest BCUT2D eigenvalue weighted by molar-refractivity contribution is 7.92. The molecule has 0 saturated heterocycles. The third-order valence-electron chi connectivity index (χ3n) is 4.47. The third kappa shape index (κ3) is 7.71. The van der Waals surface area contributed by atoms with Crippen LogP contribution in [0.2, 0.25) is 0 Å². The minimum Gasteiger partial charge on any atom is -0.452 e. The fourth-order valence-electron chi connectivity index (χ4n) is 2.96. The van der Waals surface area contributed by atoms with Crippen molar-refractivity contribution >= 4 is 27.6 Å². The van der Waals surface area contributed by atoms with Gasteiger partial charge in [-0.3, -0.25) is 9.52 Å². The van der Waals surface area contributed by atoms with Crippen molar-refractivity contribution in [1.29, 1.82) is 0 Å². The second-order valence-corrected chi connectivity index (χ2v) is 10.1. The Bertz CT molecular complexity index is 998. The summed E-state index contributed by atoms with van der Waals surface area (Å²) in [6.07, 6.45) is 0.479. The molecule has 2 rings (SSSR count). The van der Waals surface area contributed by atoms with Crippen LogP contribution in [0.1, 0.15) is 50.0 Å². The van der Waals surface area contributed by atoms with Gasteiger partial charge in [0.05, 0.1) is 11.3 Å². The number of ether oxygens (including phenoxy) is 1. The molecule has 31 heavy (non-hydrogen) atoms. The summed E-state index contributed by atoms with van der Waals surface area (Å²) in [4.78, 5) is 26.9. The normalized spacial score (nSPS) is 11.6. The number of benzene rings is 2. The Morgan fingerprint density at radius 2 is 1.71 bits per heavy atom. The Morgan fingerprint density at radius 3 is 2.32 bits per heavy atom. The number of hydrogen-bond acceptors (Lipinski definition) is 5. The van der Waals surface area contributed by atoms with Gasteiger partial charge in [-0.2, -0.15) is 0 Å². The minimum absolute atomic E-state index is 0.0137. The molecule has 0 bridgehead atoms. The summed E-state index contributed by atoms with van der Waals surface area (Å²) in [5, 5.41) is 0. The Balaban J connectivity index is 2.05. The maximum absolute atomic E-state index is 12.8. The van der Waals surface area contributed by atoms with Gasteiger partial charge in [0, 0.05) is 17.8 Å². The number of hydrogen-bond donors (Lipinski definition) is 1. The van der Waals surface area contributed by atoms with Crippen molar-refractivity contribution in [2.45, 2.75) is 46.2 Å². The van der Waals surface area contributed by atoms with Gasteiger partial charge in [0.1, 0.15) is 0 Å². The van der Waals surface area contributed by atoms with Crippen molar-refractivity contribution in [3.05, 3.63) is 65.7 Å². The molecule has 0 saturated carbocycles. The number of esters is 1. The minimum atomic E-state index is -3.47. The number of carbonyl (C=O) groups is 2. The maximum atomic E-state index is 12.8. The van der Waals surface area contributed by atoms with Crippen molar-refractivity contribution in [2.75, 3.05) is 17.1 Å². The van der Waals surface area contributed by atoms with E-state index in [0.29, 0.717) is 13.0 Å². The van der Waals surface area contributed by atoms with Gasteiger partial charge < -0.3 is 9.64 Å². The zero-order valence-corrected chi connectivity index (χ0v) is 19.2. The molecule has 1 N–H and O–H groups in total. The predicted molar refractivity (Wildman–Crippen MR) is 121 cm³/mol. The molecule has 0 aliphatic heterocycles. The van der Waals surface area contributed by atoms with Gasteiger partial charge in [-0.05, 0) is 51.0 Å². The van der Waals surface area contributed by atoms with Crippen LogP contribution in [0, 0.1) is 0 Å². The van der Waals surface area contributed by atoms with Crippen LogP contribution in [0.5, 0.6) is 0 Å². The summed E-state index contributed by atoms with van der Waals surface area (Å²) < 4.78 is 31.5. The number of sulfonamides is 1. The highest BCUT2D eigenvalue weighted by Crippen LogP contribution is 2.18. The smallest absolute Gasteiger partial charge is 0.338 e. The lowest BCUT2D eigenvalue weighted by atomic mass is 10.0. The molecule has 2 aromatic carbocycles. The largest absolute Gasteiger partial charge is 0.452 e. The molecule has 0 aliphatic rings. The first-order valence-corrected chi connectivity index (χ1v) is 11.8. The molecule has 0 aliphatic carbocycles. The van der Waals surface area contributed by atoms with Gasteiger partial charge in [-0.1, -0.05) is 43.3 Å². The summed E-state index contributed by atoms with van der Waals surface area (Å²) >= 11 is 0. The molecular formula is C23H30N2O5S. The zero-order valence-electron chi connectivity index (χ0n) is 18.4. The average Bonchev–Trinajstić information content (AvgIpc) is 2.69. The van der Waals surface area contributed by atoms with E-state index in [0.717, 1.165) is 5.56 Å². The molecule has 0 fully saturated rings. The van der Waals surface area contributed by atoms with Crippen LogP contribution in [0.4, 0.5) is 5.69 Å². The van der Waals surface area contributed by atoms with Gasteiger partial charge in [-0.15, -0.1) is 0 Å². The van der Waals surface area contributed by atoms with Crippen LogP contribution in [0.25, 0.3) is 0 Å². The molecule has 0 atom stereocenters.